The second kappa shape index (κ2) is 2.89. The maximum Gasteiger partial charge on any atom is 0.0751 e. The molecule has 0 radical (unpaired) electrons. The van der Waals surface area contributed by atoms with Crippen LogP contribution < -0.4 is 5.32 Å². The minimum absolute atomic E-state index is 0.0473. The van der Waals surface area contributed by atoms with Gasteiger partial charge in [-0.05, 0) is 20.3 Å². The number of ether oxygens (including phenoxy) is 1. The Morgan fingerprint density at radius 3 is 2.70 bits per heavy atom. The van der Waals surface area contributed by atoms with E-state index in [9.17, 15) is 0 Å². The Labute approximate surface area is 63.0 Å². The molecule has 1 aliphatic rings. The lowest BCUT2D eigenvalue weighted by molar-refractivity contribution is -0.0583. The van der Waals surface area contributed by atoms with E-state index < -0.39 is 0 Å². The third kappa shape index (κ3) is 1.96. The molecule has 0 aliphatic carbocycles. The van der Waals surface area contributed by atoms with Crippen molar-refractivity contribution in [3.63, 3.8) is 0 Å². The van der Waals surface area contributed by atoms with Crippen molar-refractivity contribution in [3.8, 4) is 0 Å². The molecule has 1 fully saturated rings. The molecule has 1 aliphatic heterocycles. The Morgan fingerprint density at radius 2 is 2.30 bits per heavy atom. The molecule has 0 aromatic carbocycles. The molecule has 1 heterocycles. The van der Waals surface area contributed by atoms with Crippen molar-refractivity contribution in [2.45, 2.75) is 38.8 Å². The Kier molecular flexibility index (Phi) is 2.32. The standard InChI is InChI=1S/C8H17NO/c1-4-7-5-10-8(2,3)6-9-7/h7,9H,4-6H2,1-3H3. The van der Waals surface area contributed by atoms with Crippen LogP contribution in [0.2, 0.25) is 0 Å². The first kappa shape index (κ1) is 8.02. The molecule has 1 unspecified atom stereocenters. The molecule has 0 amide bonds. The third-order valence-electron chi connectivity index (χ3n) is 1.98. The van der Waals surface area contributed by atoms with Crippen molar-refractivity contribution in [3.05, 3.63) is 0 Å². The van der Waals surface area contributed by atoms with Gasteiger partial charge in [0.05, 0.1) is 12.2 Å². The highest BCUT2D eigenvalue weighted by Gasteiger charge is 2.25. The minimum atomic E-state index is 0.0473. The molecule has 0 spiro atoms. The highest BCUT2D eigenvalue weighted by Crippen LogP contribution is 2.13. The van der Waals surface area contributed by atoms with Crippen molar-refractivity contribution in [1.82, 2.24) is 5.32 Å². The summed E-state index contributed by atoms with van der Waals surface area (Å²) in [4.78, 5) is 0. The molecule has 1 atom stereocenters. The molecule has 0 aromatic rings. The summed E-state index contributed by atoms with van der Waals surface area (Å²) < 4.78 is 5.61. The van der Waals surface area contributed by atoms with E-state index in [1.807, 2.05) is 0 Å². The molecule has 1 N–H and O–H groups in total. The van der Waals surface area contributed by atoms with Gasteiger partial charge in [-0.1, -0.05) is 6.92 Å². The summed E-state index contributed by atoms with van der Waals surface area (Å²) in [6, 6.07) is 0.577. The maximum atomic E-state index is 5.61. The van der Waals surface area contributed by atoms with Crippen molar-refractivity contribution in [2.24, 2.45) is 0 Å². The molecule has 0 aromatic heterocycles. The van der Waals surface area contributed by atoms with Gasteiger partial charge in [0.15, 0.2) is 0 Å². The summed E-state index contributed by atoms with van der Waals surface area (Å²) in [6.07, 6.45) is 1.16. The second-order valence-electron chi connectivity index (χ2n) is 3.56. The first-order valence-electron chi connectivity index (χ1n) is 4.01. The fourth-order valence-corrected chi connectivity index (χ4v) is 1.09. The molecule has 1 saturated heterocycles. The summed E-state index contributed by atoms with van der Waals surface area (Å²) in [5.41, 5.74) is 0.0473. The highest BCUT2D eigenvalue weighted by atomic mass is 16.5. The minimum Gasteiger partial charge on any atom is -0.373 e. The number of hydrogen-bond acceptors (Lipinski definition) is 2. The van der Waals surface area contributed by atoms with Crippen LogP contribution in [-0.2, 0) is 4.74 Å². The van der Waals surface area contributed by atoms with Gasteiger partial charge in [-0.2, -0.15) is 0 Å². The van der Waals surface area contributed by atoms with Crippen LogP contribution in [0.4, 0.5) is 0 Å². The van der Waals surface area contributed by atoms with Gasteiger partial charge in [-0.3, -0.25) is 0 Å². The van der Waals surface area contributed by atoms with Crippen LogP contribution in [0.25, 0.3) is 0 Å². The van der Waals surface area contributed by atoms with Gasteiger partial charge in [-0.15, -0.1) is 0 Å². The van der Waals surface area contributed by atoms with Gasteiger partial charge >= 0.3 is 0 Å². The first-order valence-corrected chi connectivity index (χ1v) is 4.01. The second-order valence-corrected chi connectivity index (χ2v) is 3.56. The third-order valence-corrected chi connectivity index (χ3v) is 1.98. The quantitative estimate of drug-likeness (QED) is 0.595. The van der Waals surface area contributed by atoms with Crippen molar-refractivity contribution in [1.29, 1.82) is 0 Å². The number of nitrogens with one attached hydrogen (secondary N) is 1. The number of rotatable bonds is 1. The van der Waals surface area contributed by atoms with E-state index in [0.29, 0.717) is 6.04 Å². The van der Waals surface area contributed by atoms with Crippen LogP contribution >= 0.6 is 0 Å². The van der Waals surface area contributed by atoms with Gasteiger partial charge in [0.25, 0.3) is 0 Å². The first-order chi connectivity index (χ1) is 4.64. The molecule has 0 bridgehead atoms. The average Bonchev–Trinajstić information content (AvgIpc) is 1.88. The lowest BCUT2D eigenvalue weighted by Crippen LogP contribution is -2.51. The SMILES string of the molecule is CCC1COC(C)(C)CN1. The van der Waals surface area contributed by atoms with Crippen molar-refractivity contribution < 1.29 is 4.74 Å². The van der Waals surface area contributed by atoms with E-state index in [4.69, 9.17) is 4.74 Å². The van der Waals surface area contributed by atoms with Crippen molar-refractivity contribution >= 4 is 0 Å². The zero-order valence-electron chi connectivity index (χ0n) is 7.11. The summed E-state index contributed by atoms with van der Waals surface area (Å²) in [7, 11) is 0. The highest BCUT2D eigenvalue weighted by molar-refractivity contribution is 4.81. The lowest BCUT2D eigenvalue weighted by atomic mass is 10.1. The van der Waals surface area contributed by atoms with E-state index in [-0.39, 0.29) is 5.60 Å². The molecule has 2 nitrogen and oxygen atoms in total. The summed E-state index contributed by atoms with van der Waals surface area (Å²) in [5.74, 6) is 0. The summed E-state index contributed by atoms with van der Waals surface area (Å²) in [5, 5.41) is 3.43. The Morgan fingerprint density at radius 1 is 1.60 bits per heavy atom. The van der Waals surface area contributed by atoms with Crippen LogP contribution in [-0.4, -0.2) is 24.8 Å². The van der Waals surface area contributed by atoms with Crippen LogP contribution in [0.5, 0.6) is 0 Å². The normalized spacial score (nSPS) is 32.1. The van der Waals surface area contributed by atoms with E-state index in [2.05, 4.69) is 26.1 Å². The zero-order chi connectivity index (χ0) is 7.61. The Balaban J connectivity index is 2.31. The summed E-state index contributed by atoms with van der Waals surface area (Å²) >= 11 is 0. The fraction of sp³-hybridized carbons (Fsp3) is 1.00. The van der Waals surface area contributed by atoms with Crippen molar-refractivity contribution in [2.75, 3.05) is 13.2 Å². The van der Waals surface area contributed by atoms with Gasteiger partial charge in [0, 0.05) is 12.6 Å². The van der Waals surface area contributed by atoms with E-state index >= 15 is 0 Å². The lowest BCUT2D eigenvalue weighted by Gasteiger charge is -2.35. The van der Waals surface area contributed by atoms with Crippen LogP contribution in [0.1, 0.15) is 27.2 Å². The van der Waals surface area contributed by atoms with Crippen LogP contribution in [0.3, 0.4) is 0 Å². The van der Waals surface area contributed by atoms with E-state index in [1.54, 1.807) is 0 Å². The predicted octanol–water partition coefficient (Wildman–Crippen LogP) is 1.16. The Bertz CT molecular complexity index is 102. The largest absolute Gasteiger partial charge is 0.373 e. The number of hydrogen-bond donors (Lipinski definition) is 1. The monoisotopic (exact) mass is 143 g/mol. The van der Waals surface area contributed by atoms with E-state index in [1.165, 1.54) is 0 Å². The Hall–Kier alpha value is -0.0800. The number of morpholine rings is 1. The topological polar surface area (TPSA) is 21.3 Å². The molecule has 1 rings (SSSR count). The maximum absolute atomic E-state index is 5.61. The fourth-order valence-electron chi connectivity index (χ4n) is 1.09. The predicted molar refractivity (Wildman–Crippen MR) is 42.1 cm³/mol. The molecular weight excluding hydrogens is 126 g/mol. The summed E-state index contributed by atoms with van der Waals surface area (Å²) in [6.45, 7) is 8.26. The average molecular weight is 143 g/mol. The smallest absolute Gasteiger partial charge is 0.0751 e. The van der Waals surface area contributed by atoms with Gasteiger partial charge in [-0.25, -0.2) is 0 Å². The molecular formula is C8H17NO. The molecule has 2 heteroatoms. The molecule has 0 saturated carbocycles. The van der Waals surface area contributed by atoms with Gasteiger partial charge < -0.3 is 10.1 Å². The van der Waals surface area contributed by atoms with Gasteiger partial charge in [0.1, 0.15) is 0 Å². The zero-order valence-corrected chi connectivity index (χ0v) is 7.11. The molecule has 60 valence electrons. The van der Waals surface area contributed by atoms with Crippen LogP contribution in [0.15, 0.2) is 0 Å². The van der Waals surface area contributed by atoms with Gasteiger partial charge in [0.2, 0.25) is 0 Å². The molecule has 10 heavy (non-hydrogen) atoms. The van der Waals surface area contributed by atoms with Crippen LogP contribution in [0, 0.1) is 0 Å². The van der Waals surface area contributed by atoms with E-state index in [0.717, 1.165) is 19.6 Å².